The maximum absolute atomic E-state index is 12.0. The van der Waals surface area contributed by atoms with Gasteiger partial charge in [0.25, 0.3) is 0 Å². The molecule has 19 heavy (non-hydrogen) atoms. The van der Waals surface area contributed by atoms with Gasteiger partial charge in [0.05, 0.1) is 13.7 Å². The summed E-state index contributed by atoms with van der Waals surface area (Å²) in [7, 11) is 3.57. The Morgan fingerprint density at radius 2 is 2.21 bits per heavy atom. The average Bonchev–Trinajstić information content (AvgIpc) is 3.04. The van der Waals surface area contributed by atoms with Crippen LogP contribution in [-0.4, -0.2) is 62.4 Å². The molecule has 5 nitrogen and oxygen atoms in total. The van der Waals surface area contributed by atoms with Crippen LogP contribution in [0.3, 0.4) is 0 Å². The van der Waals surface area contributed by atoms with Crippen molar-refractivity contribution in [3.8, 4) is 0 Å². The average molecular weight is 270 g/mol. The summed E-state index contributed by atoms with van der Waals surface area (Å²) in [5.74, 6) is -0.157. The molecule has 2 atom stereocenters. The first-order chi connectivity index (χ1) is 9.05. The van der Waals surface area contributed by atoms with Crippen molar-refractivity contribution in [3.63, 3.8) is 0 Å². The summed E-state index contributed by atoms with van der Waals surface area (Å²) < 4.78 is 10.4. The van der Waals surface area contributed by atoms with E-state index < -0.39 is 5.54 Å². The summed E-state index contributed by atoms with van der Waals surface area (Å²) in [6, 6.07) is 0.979. The molecule has 2 unspecified atom stereocenters. The molecule has 1 saturated carbocycles. The highest BCUT2D eigenvalue weighted by atomic mass is 16.5. The van der Waals surface area contributed by atoms with E-state index in [9.17, 15) is 4.79 Å². The van der Waals surface area contributed by atoms with Crippen LogP contribution >= 0.6 is 0 Å². The fraction of sp³-hybridized carbons (Fsp3) is 0.929. The molecule has 0 aromatic rings. The van der Waals surface area contributed by atoms with E-state index in [0.717, 1.165) is 32.6 Å². The van der Waals surface area contributed by atoms with Gasteiger partial charge in [-0.2, -0.15) is 0 Å². The van der Waals surface area contributed by atoms with E-state index in [0.29, 0.717) is 12.1 Å². The van der Waals surface area contributed by atoms with Crippen LogP contribution in [0.2, 0.25) is 0 Å². The van der Waals surface area contributed by atoms with Gasteiger partial charge in [0.1, 0.15) is 5.54 Å². The normalized spacial score (nSPS) is 26.4. The summed E-state index contributed by atoms with van der Waals surface area (Å²) in [6.45, 7) is 4.49. The highest BCUT2D eigenvalue weighted by molar-refractivity contribution is 5.80. The standard InChI is InChI=1S/C14H26N2O3/c1-14(13(17)18-3,15-11-4-5-11)7-8-16(2)12-6-9-19-10-12/h11-12,15H,4-10H2,1-3H3. The Morgan fingerprint density at radius 1 is 1.47 bits per heavy atom. The van der Waals surface area contributed by atoms with Crippen LogP contribution in [0, 0.1) is 0 Å². The largest absolute Gasteiger partial charge is 0.468 e. The van der Waals surface area contributed by atoms with Gasteiger partial charge in [-0.05, 0) is 39.7 Å². The van der Waals surface area contributed by atoms with E-state index in [-0.39, 0.29) is 5.97 Å². The van der Waals surface area contributed by atoms with Crippen molar-refractivity contribution < 1.29 is 14.3 Å². The number of hydrogen-bond donors (Lipinski definition) is 1. The van der Waals surface area contributed by atoms with Crippen LogP contribution in [0.15, 0.2) is 0 Å². The quantitative estimate of drug-likeness (QED) is 0.693. The molecular formula is C14H26N2O3. The van der Waals surface area contributed by atoms with Gasteiger partial charge in [-0.15, -0.1) is 0 Å². The van der Waals surface area contributed by atoms with Crippen LogP contribution in [-0.2, 0) is 14.3 Å². The van der Waals surface area contributed by atoms with Crippen LogP contribution in [0.5, 0.6) is 0 Å². The zero-order chi connectivity index (χ0) is 13.9. The van der Waals surface area contributed by atoms with Gasteiger partial charge >= 0.3 is 5.97 Å². The van der Waals surface area contributed by atoms with Crippen LogP contribution in [0.1, 0.15) is 32.6 Å². The summed E-state index contributed by atoms with van der Waals surface area (Å²) in [5.41, 5.74) is -0.566. The van der Waals surface area contributed by atoms with E-state index >= 15 is 0 Å². The Bertz CT molecular complexity index is 314. The molecule has 0 spiro atoms. The van der Waals surface area contributed by atoms with Crippen molar-refractivity contribution >= 4 is 5.97 Å². The third-order valence-electron chi connectivity index (χ3n) is 4.23. The number of methoxy groups -OCH3 is 1. The number of esters is 1. The minimum atomic E-state index is -0.566. The first-order valence-electron chi connectivity index (χ1n) is 7.19. The molecule has 0 aromatic carbocycles. The molecule has 2 rings (SSSR count). The first-order valence-corrected chi connectivity index (χ1v) is 7.19. The molecule has 1 N–H and O–H groups in total. The Hall–Kier alpha value is -0.650. The van der Waals surface area contributed by atoms with E-state index in [1.165, 1.54) is 20.0 Å². The Labute approximate surface area is 115 Å². The third-order valence-corrected chi connectivity index (χ3v) is 4.23. The molecule has 0 bridgehead atoms. The third kappa shape index (κ3) is 3.91. The highest BCUT2D eigenvalue weighted by Crippen LogP contribution is 2.25. The molecule has 5 heteroatoms. The van der Waals surface area contributed by atoms with Crippen LogP contribution in [0.4, 0.5) is 0 Å². The maximum atomic E-state index is 12.0. The van der Waals surface area contributed by atoms with E-state index in [1.807, 2.05) is 6.92 Å². The predicted octanol–water partition coefficient (Wildman–Crippen LogP) is 0.781. The molecule has 2 aliphatic rings. The monoisotopic (exact) mass is 270 g/mol. The van der Waals surface area contributed by atoms with E-state index in [2.05, 4.69) is 17.3 Å². The van der Waals surface area contributed by atoms with Crippen LogP contribution < -0.4 is 5.32 Å². The lowest BCUT2D eigenvalue weighted by atomic mass is 9.97. The molecule has 1 aliphatic heterocycles. The number of hydrogen-bond acceptors (Lipinski definition) is 5. The summed E-state index contributed by atoms with van der Waals surface area (Å²) in [6.07, 6.45) is 4.18. The molecule has 1 aliphatic carbocycles. The summed E-state index contributed by atoms with van der Waals surface area (Å²) in [4.78, 5) is 14.3. The fourth-order valence-electron chi connectivity index (χ4n) is 2.59. The number of nitrogens with zero attached hydrogens (tertiary/aromatic N) is 1. The second-order valence-electron chi connectivity index (χ2n) is 5.99. The number of nitrogens with one attached hydrogen (secondary N) is 1. The van der Waals surface area contributed by atoms with Gasteiger partial charge in [0.2, 0.25) is 0 Å². The SMILES string of the molecule is COC(=O)C(C)(CCN(C)C1CCOC1)NC1CC1. The molecule has 0 aromatic heterocycles. The Morgan fingerprint density at radius 3 is 2.74 bits per heavy atom. The van der Waals surface area contributed by atoms with Crippen molar-refractivity contribution in [2.75, 3.05) is 33.9 Å². The van der Waals surface area contributed by atoms with Gasteiger partial charge in [-0.25, -0.2) is 0 Å². The van der Waals surface area contributed by atoms with Crippen molar-refractivity contribution in [1.29, 1.82) is 0 Å². The molecule has 110 valence electrons. The second kappa shape index (κ2) is 6.20. The highest BCUT2D eigenvalue weighted by Gasteiger charge is 2.39. The number of likely N-dealkylation sites (N-methyl/N-ethyl adjacent to an activating group) is 1. The van der Waals surface area contributed by atoms with E-state index in [1.54, 1.807) is 0 Å². The van der Waals surface area contributed by atoms with Crippen molar-refractivity contribution in [3.05, 3.63) is 0 Å². The Kier molecular flexibility index (Phi) is 4.81. The number of carbonyl (C=O) groups excluding carboxylic acids is 1. The lowest BCUT2D eigenvalue weighted by Gasteiger charge is -2.31. The van der Waals surface area contributed by atoms with Gasteiger partial charge in [0, 0.05) is 25.2 Å². The van der Waals surface area contributed by atoms with Crippen molar-refractivity contribution in [2.45, 2.75) is 50.2 Å². The molecule has 1 heterocycles. The van der Waals surface area contributed by atoms with Crippen molar-refractivity contribution in [1.82, 2.24) is 10.2 Å². The van der Waals surface area contributed by atoms with Gasteiger partial charge in [-0.1, -0.05) is 0 Å². The predicted molar refractivity (Wildman–Crippen MR) is 73.0 cm³/mol. The fourth-order valence-corrected chi connectivity index (χ4v) is 2.59. The van der Waals surface area contributed by atoms with Gasteiger partial charge in [-0.3, -0.25) is 10.1 Å². The number of rotatable bonds is 7. The molecular weight excluding hydrogens is 244 g/mol. The van der Waals surface area contributed by atoms with E-state index in [4.69, 9.17) is 9.47 Å². The molecule has 2 fully saturated rings. The number of carbonyl (C=O) groups is 1. The second-order valence-corrected chi connectivity index (χ2v) is 5.99. The maximum Gasteiger partial charge on any atom is 0.325 e. The molecule has 1 saturated heterocycles. The van der Waals surface area contributed by atoms with Crippen LogP contribution in [0.25, 0.3) is 0 Å². The van der Waals surface area contributed by atoms with Crippen molar-refractivity contribution in [2.24, 2.45) is 0 Å². The smallest absolute Gasteiger partial charge is 0.325 e. The lowest BCUT2D eigenvalue weighted by molar-refractivity contribution is -0.148. The zero-order valence-electron chi connectivity index (χ0n) is 12.3. The molecule has 0 radical (unpaired) electrons. The minimum Gasteiger partial charge on any atom is -0.468 e. The summed E-state index contributed by atoms with van der Waals surface area (Å²) >= 11 is 0. The molecule has 0 amide bonds. The lowest BCUT2D eigenvalue weighted by Crippen LogP contribution is -2.53. The van der Waals surface area contributed by atoms with Gasteiger partial charge in [0.15, 0.2) is 0 Å². The zero-order valence-corrected chi connectivity index (χ0v) is 12.3. The van der Waals surface area contributed by atoms with Gasteiger partial charge < -0.3 is 14.4 Å². The topological polar surface area (TPSA) is 50.8 Å². The first kappa shape index (κ1) is 14.8. The summed E-state index contributed by atoms with van der Waals surface area (Å²) in [5, 5.41) is 3.43. The number of ether oxygens (including phenoxy) is 2. The minimum absolute atomic E-state index is 0.157. The Balaban J connectivity index is 1.85.